The summed E-state index contributed by atoms with van der Waals surface area (Å²) in [4.78, 5) is 61.7. The van der Waals surface area contributed by atoms with Crippen LogP contribution in [0.1, 0.15) is 91.5 Å². The predicted octanol–water partition coefficient (Wildman–Crippen LogP) is 8.21. The summed E-state index contributed by atoms with van der Waals surface area (Å²) in [6, 6.07) is 19.1. The lowest BCUT2D eigenvalue weighted by atomic mass is 10.0. The topological polar surface area (TPSA) is 149 Å². The Balaban J connectivity index is 0.969. The van der Waals surface area contributed by atoms with Crippen LogP contribution in [0.3, 0.4) is 0 Å². The predicted molar refractivity (Wildman–Crippen MR) is 225 cm³/mol. The van der Waals surface area contributed by atoms with Crippen LogP contribution >= 0.6 is 0 Å². The van der Waals surface area contributed by atoms with E-state index in [9.17, 15) is 27.6 Å². The lowest BCUT2D eigenvalue weighted by Crippen LogP contribution is -2.48. The van der Waals surface area contributed by atoms with E-state index in [1.807, 2.05) is 41.3 Å². The van der Waals surface area contributed by atoms with E-state index in [4.69, 9.17) is 14.5 Å². The third kappa shape index (κ3) is 8.98. The number of hydrogen-bond acceptors (Lipinski definition) is 8. The minimum Gasteiger partial charge on any atom is -0.453 e. The zero-order chi connectivity index (χ0) is 43.5. The van der Waals surface area contributed by atoms with Crippen molar-refractivity contribution in [3.05, 3.63) is 107 Å². The normalized spacial score (nSPS) is 20.3. The first-order valence-corrected chi connectivity index (χ1v) is 21.1. The number of carbonyl (C=O) groups is 3. The smallest absolute Gasteiger partial charge is 0.416 e. The van der Waals surface area contributed by atoms with Crippen molar-refractivity contribution >= 4 is 17.9 Å². The molecule has 2 fully saturated rings. The maximum absolute atomic E-state index is 14.0. The van der Waals surface area contributed by atoms with E-state index in [0.29, 0.717) is 57.2 Å². The van der Waals surface area contributed by atoms with Gasteiger partial charge in [0.1, 0.15) is 23.7 Å². The number of aromatic nitrogens is 4. The summed E-state index contributed by atoms with van der Waals surface area (Å²) in [5.74, 6) is 0.923. The van der Waals surface area contributed by atoms with Crippen LogP contribution in [0.25, 0.3) is 33.6 Å². The number of nitrogens with one attached hydrogen (secondary N) is 3. The van der Waals surface area contributed by atoms with Crippen LogP contribution < -0.4 is 5.32 Å². The van der Waals surface area contributed by atoms with E-state index >= 15 is 0 Å². The number of carbonyl (C=O) groups excluding carboxylic acids is 3. The van der Waals surface area contributed by atoms with Gasteiger partial charge in [-0.2, -0.15) is 13.2 Å². The molecule has 3 amide bonds. The highest BCUT2D eigenvalue weighted by Gasteiger charge is 2.39. The number of hydrogen-bond donors (Lipinski definition) is 3. The van der Waals surface area contributed by atoms with Crippen molar-refractivity contribution in [3.8, 4) is 33.6 Å². The Morgan fingerprint density at radius 2 is 1.56 bits per heavy atom. The fourth-order valence-electron chi connectivity index (χ4n) is 8.97. The van der Waals surface area contributed by atoms with Crippen molar-refractivity contribution in [3.63, 3.8) is 0 Å². The molecule has 1 unspecified atom stereocenters. The molecule has 5 heterocycles. The lowest BCUT2D eigenvalue weighted by Gasteiger charge is -2.31. The highest BCUT2D eigenvalue weighted by molar-refractivity contribution is 5.86. The van der Waals surface area contributed by atoms with Gasteiger partial charge in [-0.3, -0.25) is 14.5 Å². The number of likely N-dealkylation sites (N-methyl/N-ethyl adjacent to an activating group) is 1. The summed E-state index contributed by atoms with van der Waals surface area (Å²) in [6.07, 6.45) is 1.54. The molecule has 0 radical (unpaired) electrons. The molecule has 3 aliphatic heterocycles. The monoisotopic (exact) mass is 852 g/mol. The van der Waals surface area contributed by atoms with Crippen LogP contribution in [0.15, 0.2) is 79.0 Å². The fourth-order valence-corrected chi connectivity index (χ4v) is 8.97. The van der Waals surface area contributed by atoms with Gasteiger partial charge in [-0.1, -0.05) is 60.7 Å². The Kier molecular flexibility index (Phi) is 12.5. The molecule has 2 bridgehead atoms. The molecule has 0 spiro atoms. The molecular weight excluding hydrogens is 802 g/mol. The average molecular weight is 853 g/mol. The highest BCUT2D eigenvalue weighted by Crippen LogP contribution is 2.38. The van der Waals surface area contributed by atoms with E-state index in [1.165, 1.54) is 13.2 Å². The number of ether oxygens (including phenoxy) is 2. The quantitative estimate of drug-likeness (QED) is 0.142. The van der Waals surface area contributed by atoms with Gasteiger partial charge in [0.2, 0.25) is 11.8 Å². The summed E-state index contributed by atoms with van der Waals surface area (Å²) in [5.41, 5.74) is 5.75. The first kappa shape index (κ1) is 42.7. The van der Waals surface area contributed by atoms with Gasteiger partial charge >= 0.3 is 12.3 Å². The van der Waals surface area contributed by atoms with Crippen LogP contribution in [-0.4, -0.2) is 99.5 Å². The van der Waals surface area contributed by atoms with Gasteiger partial charge in [0, 0.05) is 25.3 Å². The summed E-state index contributed by atoms with van der Waals surface area (Å²) in [5, 5.41) is 2.73. The Hall–Kier alpha value is -6.00. The molecule has 4 atom stereocenters. The molecule has 3 N–H and O–H groups in total. The van der Waals surface area contributed by atoms with Gasteiger partial charge in [0.05, 0.1) is 54.6 Å². The zero-order valence-electron chi connectivity index (χ0n) is 35.0. The number of H-pyrrole nitrogens is 2. The molecule has 8 rings (SSSR count). The molecule has 2 saturated heterocycles. The van der Waals surface area contributed by atoms with Crippen molar-refractivity contribution < 1.29 is 37.0 Å². The summed E-state index contributed by atoms with van der Waals surface area (Å²) >= 11 is 0. The molecule has 0 aliphatic carbocycles. The number of alkyl halides is 3. The molecule has 326 valence electrons. The van der Waals surface area contributed by atoms with E-state index in [-0.39, 0.29) is 29.5 Å². The minimum atomic E-state index is -4.52. The van der Waals surface area contributed by atoms with E-state index < -0.39 is 29.9 Å². The lowest BCUT2D eigenvalue weighted by molar-refractivity contribution is -0.139. The molecule has 0 saturated carbocycles. The molecule has 3 aromatic carbocycles. The molecular formula is C46H51F3N8O5. The van der Waals surface area contributed by atoms with Crippen LogP contribution in [-0.2, 0) is 31.8 Å². The minimum absolute atomic E-state index is 0.137. The van der Waals surface area contributed by atoms with Crippen molar-refractivity contribution in [1.82, 2.24) is 40.0 Å². The van der Waals surface area contributed by atoms with Gasteiger partial charge < -0.3 is 34.6 Å². The van der Waals surface area contributed by atoms with Crippen molar-refractivity contribution in [2.45, 2.75) is 81.9 Å². The number of benzene rings is 3. The number of likely N-dealkylation sites (tertiary alicyclic amines) is 1. The summed E-state index contributed by atoms with van der Waals surface area (Å²) < 4.78 is 51.6. The second-order valence-electron chi connectivity index (χ2n) is 16.4. The zero-order valence-corrected chi connectivity index (χ0v) is 35.0. The second kappa shape index (κ2) is 18.2. The Morgan fingerprint density at radius 3 is 2.27 bits per heavy atom. The second-order valence-corrected chi connectivity index (χ2v) is 16.4. The third-order valence-corrected chi connectivity index (χ3v) is 12.1. The number of fused-ring (bicyclic) bond motifs is 4. The van der Waals surface area contributed by atoms with Gasteiger partial charge in [-0.25, -0.2) is 14.8 Å². The largest absolute Gasteiger partial charge is 0.453 e. The number of alkyl carbamates (subject to hydrolysis) is 1. The average Bonchev–Trinajstić information content (AvgIpc) is 4.11. The summed E-state index contributed by atoms with van der Waals surface area (Å²) in [6.45, 7) is 1.89. The number of aromatic amines is 2. The number of rotatable bonds is 8. The number of amides is 3. The number of halogens is 3. The van der Waals surface area contributed by atoms with Crippen LogP contribution in [0.4, 0.5) is 18.0 Å². The number of imidazole rings is 2. The Labute approximate surface area is 358 Å². The maximum Gasteiger partial charge on any atom is 0.416 e. The molecule has 2 aromatic heterocycles. The molecule has 3 aliphatic rings. The maximum atomic E-state index is 14.0. The highest BCUT2D eigenvalue weighted by atomic mass is 19.4. The fraction of sp³-hybridized carbons (Fsp3) is 0.413. The number of nitrogens with zero attached hydrogens (tertiary/aromatic N) is 5. The molecule has 13 nitrogen and oxygen atoms in total. The van der Waals surface area contributed by atoms with Gasteiger partial charge in [-0.05, 0) is 93.4 Å². The standard InChI is InChI=1S/C46H51F3N8O5/c1-55(2)40(32-9-6-10-33(25-32)46(47,48)49)44(59)57-23-7-12-37(57)41-50-26-35(51-41)30-18-14-28(15-19-30)29-16-20-31(21-17-29)39-36-27-62-24-5-4-11-34(53-45(60)61-3)43(58)56-22-8-13-38(56)42(52-36)54-39/h6,9-10,14-21,25-26,34,37-38,40H,4-5,7-8,11-13,22-24,27H2,1-3H3,(H,50,51)(H,52,54)(H,53,60)/t34-,37-,38-,40?/m0/s1. The van der Waals surface area contributed by atoms with Gasteiger partial charge in [-0.15, -0.1) is 0 Å². The summed E-state index contributed by atoms with van der Waals surface area (Å²) in [7, 11) is 4.68. The molecule has 62 heavy (non-hydrogen) atoms. The third-order valence-electron chi connectivity index (χ3n) is 12.1. The van der Waals surface area contributed by atoms with E-state index in [2.05, 4.69) is 32.4 Å². The first-order chi connectivity index (χ1) is 29.9. The van der Waals surface area contributed by atoms with Gasteiger partial charge in [0.25, 0.3) is 0 Å². The van der Waals surface area contributed by atoms with Crippen molar-refractivity contribution in [2.24, 2.45) is 0 Å². The van der Waals surface area contributed by atoms with E-state index in [1.54, 1.807) is 36.2 Å². The first-order valence-electron chi connectivity index (χ1n) is 21.1. The molecule has 5 aromatic rings. The SMILES string of the molecule is COC(=O)N[C@H]1CCCCOCc2[nH]c(nc2-c2ccc(-c3ccc(-c4cnc([C@@H]5CCCN5C(=O)C(c5cccc(C(F)(F)F)c5)N(C)C)[nH]4)cc3)cc2)[C@@H]2CCCN2C1=O. The van der Waals surface area contributed by atoms with E-state index in [0.717, 1.165) is 77.2 Å². The van der Waals surface area contributed by atoms with Gasteiger partial charge in [0.15, 0.2) is 0 Å². The van der Waals surface area contributed by atoms with Crippen molar-refractivity contribution in [1.29, 1.82) is 0 Å². The number of methoxy groups -OCH3 is 1. The Bertz CT molecular complexity index is 2380. The van der Waals surface area contributed by atoms with Crippen LogP contribution in [0.2, 0.25) is 0 Å². The van der Waals surface area contributed by atoms with Crippen LogP contribution in [0, 0.1) is 0 Å². The molecule has 16 heteroatoms. The van der Waals surface area contributed by atoms with Crippen LogP contribution in [0.5, 0.6) is 0 Å². The Morgan fingerprint density at radius 1 is 0.871 bits per heavy atom. The van der Waals surface area contributed by atoms with Crippen molar-refractivity contribution in [2.75, 3.05) is 40.9 Å².